The molecular formula is C7H9N5O2. The maximum atomic E-state index is 11.0. The summed E-state index contributed by atoms with van der Waals surface area (Å²) < 4.78 is 0. The lowest BCUT2D eigenvalue weighted by atomic mass is 10.2. The van der Waals surface area contributed by atoms with Gasteiger partial charge in [0.1, 0.15) is 6.04 Å². The van der Waals surface area contributed by atoms with Gasteiger partial charge >= 0.3 is 5.97 Å². The molecule has 7 heteroatoms. The Morgan fingerprint density at radius 1 is 1.93 bits per heavy atom. The number of imidazole rings is 1. The van der Waals surface area contributed by atoms with Crippen LogP contribution in [0.5, 0.6) is 0 Å². The first-order chi connectivity index (χ1) is 6.74. The second kappa shape index (κ2) is 4.84. The molecule has 74 valence electrons. The van der Waals surface area contributed by atoms with E-state index in [1.165, 1.54) is 12.5 Å². The van der Waals surface area contributed by atoms with Crippen molar-refractivity contribution >= 4 is 5.97 Å². The van der Waals surface area contributed by atoms with E-state index in [1.54, 1.807) is 11.7 Å². The van der Waals surface area contributed by atoms with E-state index in [0.717, 1.165) is 5.69 Å². The van der Waals surface area contributed by atoms with Crippen LogP contribution in [0.25, 0.3) is 0 Å². The highest BCUT2D eigenvalue weighted by Crippen LogP contribution is 1.97. The predicted octanol–water partition coefficient (Wildman–Crippen LogP) is -1.19. The summed E-state index contributed by atoms with van der Waals surface area (Å²) in [5.41, 5.74) is 7.96. The Kier molecular flexibility index (Phi) is 3.46. The molecule has 7 nitrogen and oxygen atoms in total. The molecule has 0 aliphatic heterocycles. The Morgan fingerprint density at radius 2 is 2.71 bits per heavy atom. The Labute approximate surface area is 79.8 Å². The highest BCUT2D eigenvalue weighted by Gasteiger charge is 2.16. The first-order valence-electron chi connectivity index (χ1n) is 3.81. The molecular weight excluding hydrogens is 186 g/mol. The molecule has 0 aromatic carbocycles. The zero-order valence-electron chi connectivity index (χ0n) is 7.23. The number of hydroxylamine groups is 1. The van der Waals surface area contributed by atoms with Crippen LogP contribution in [-0.2, 0) is 16.1 Å². The zero-order chi connectivity index (χ0) is 10.4. The van der Waals surface area contributed by atoms with Gasteiger partial charge in [0.15, 0.2) is 0 Å². The quantitative estimate of drug-likeness (QED) is 0.316. The molecule has 0 amide bonds. The van der Waals surface area contributed by atoms with E-state index < -0.39 is 12.0 Å². The fraction of sp³-hybridized carbons (Fsp3) is 0.286. The van der Waals surface area contributed by atoms with Gasteiger partial charge in [-0.1, -0.05) is 0 Å². The number of carbonyl (C=O) groups excluding carboxylic acids is 1. The lowest BCUT2D eigenvalue weighted by Gasteiger charge is -2.07. The molecule has 4 N–H and O–H groups in total. The number of nitriles is 1. The molecule has 0 radical (unpaired) electrons. The summed E-state index contributed by atoms with van der Waals surface area (Å²) >= 11 is 0. The average Bonchev–Trinajstić information content (AvgIpc) is 2.66. The summed E-state index contributed by atoms with van der Waals surface area (Å²) in [6, 6.07) is -0.823. The van der Waals surface area contributed by atoms with E-state index in [2.05, 4.69) is 14.8 Å². The van der Waals surface area contributed by atoms with E-state index in [0.29, 0.717) is 0 Å². The minimum Gasteiger partial charge on any atom is -0.348 e. The van der Waals surface area contributed by atoms with Gasteiger partial charge in [0.05, 0.1) is 6.33 Å². The van der Waals surface area contributed by atoms with E-state index in [-0.39, 0.29) is 6.42 Å². The molecule has 1 rings (SSSR count). The van der Waals surface area contributed by atoms with Crippen molar-refractivity contribution in [1.29, 1.82) is 5.26 Å². The van der Waals surface area contributed by atoms with Crippen molar-refractivity contribution in [3.8, 4) is 6.19 Å². The summed E-state index contributed by atoms with van der Waals surface area (Å²) in [5.74, 6) is -0.693. The summed E-state index contributed by atoms with van der Waals surface area (Å²) in [5, 5.41) is 8.06. The topological polar surface area (TPSA) is 117 Å². The summed E-state index contributed by atoms with van der Waals surface area (Å²) in [6.45, 7) is 0. The van der Waals surface area contributed by atoms with Crippen LogP contribution < -0.4 is 11.2 Å². The minimum atomic E-state index is -0.823. The van der Waals surface area contributed by atoms with Crippen LogP contribution in [0, 0.1) is 11.5 Å². The van der Waals surface area contributed by atoms with Gasteiger partial charge in [-0.15, -0.1) is 0 Å². The van der Waals surface area contributed by atoms with Crippen LogP contribution in [0.1, 0.15) is 5.69 Å². The number of nitrogens with zero attached hydrogens (tertiary/aromatic N) is 2. The first kappa shape index (κ1) is 10.0. The molecule has 1 heterocycles. The Balaban J connectivity index is 2.39. The Hall–Kier alpha value is -2.07. The summed E-state index contributed by atoms with van der Waals surface area (Å²) in [7, 11) is 0. The fourth-order valence-electron chi connectivity index (χ4n) is 0.865. The molecule has 14 heavy (non-hydrogen) atoms. The van der Waals surface area contributed by atoms with E-state index in [9.17, 15) is 4.79 Å². The van der Waals surface area contributed by atoms with Crippen molar-refractivity contribution in [1.82, 2.24) is 15.4 Å². The third kappa shape index (κ3) is 2.76. The van der Waals surface area contributed by atoms with Crippen molar-refractivity contribution in [2.45, 2.75) is 12.5 Å². The molecule has 1 unspecified atom stereocenters. The summed E-state index contributed by atoms with van der Waals surface area (Å²) in [4.78, 5) is 21.9. The van der Waals surface area contributed by atoms with Gasteiger partial charge in [-0.05, 0) is 0 Å². The van der Waals surface area contributed by atoms with E-state index in [4.69, 9.17) is 11.0 Å². The third-order valence-corrected chi connectivity index (χ3v) is 1.49. The van der Waals surface area contributed by atoms with Gasteiger partial charge in [0.2, 0.25) is 6.19 Å². The van der Waals surface area contributed by atoms with Crippen LogP contribution >= 0.6 is 0 Å². The predicted molar refractivity (Wildman–Crippen MR) is 45.1 cm³/mol. The van der Waals surface area contributed by atoms with Gasteiger partial charge in [0.25, 0.3) is 0 Å². The SMILES string of the molecule is N#CNOC(=O)C(N)Cc1cnc[nH]1. The monoisotopic (exact) mass is 195 g/mol. The molecule has 1 atom stereocenters. The smallest absolute Gasteiger partial charge is 0.348 e. The lowest BCUT2D eigenvalue weighted by molar-refractivity contribution is -0.150. The largest absolute Gasteiger partial charge is 0.349 e. The maximum absolute atomic E-state index is 11.0. The number of nitrogens with one attached hydrogen (secondary N) is 2. The zero-order valence-corrected chi connectivity index (χ0v) is 7.23. The Morgan fingerprint density at radius 3 is 3.29 bits per heavy atom. The standard InChI is InChI=1S/C7H9N5O2/c8-3-12-14-7(13)6(9)1-5-2-10-4-11-5/h2,4,6,12H,1,9H2,(H,10,11). The Bertz CT molecular complexity index is 328. The molecule has 0 bridgehead atoms. The third-order valence-electron chi connectivity index (χ3n) is 1.49. The second-order valence-electron chi connectivity index (χ2n) is 2.52. The molecule has 1 aromatic heterocycles. The number of nitrogens with two attached hydrogens (primary N) is 1. The van der Waals surface area contributed by atoms with Crippen molar-refractivity contribution in [2.75, 3.05) is 0 Å². The molecule has 0 saturated heterocycles. The van der Waals surface area contributed by atoms with Crippen LogP contribution in [0.2, 0.25) is 0 Å². The van der Waals surface area contributed by atoms with Crippen LogP contribution in [0.15, 0.2) is 12.5 Å². The van der Waals surface area contributed by atoms with Gasteiger partial charge < -0.3 is 15.6 Å². The number of aromatic nitrogens is 2. The fourth-order valence-corrected chi connectivity index (χ4v) is 0.865. The van der Waals surface area contributed by atoms with Gasteiger partial charge in [-0.25, -0.2) is 9.78 Å². The number of rotatable bonds is 4. The molecule has 0 aliphatic rings. The van der Waals surface area contributed by atoms with Crippen molar-refractivity contribution in [3.63, 3.8) is 0 Å². The normalized spacial score (nSPS) is 11.4. The summed E-state index contributed by atoms with van der Waals surface area (Å²) in [6.07, 6.45) is 4.77. The van der Waals surface area contributed by atoms with Crippen molar-refractivity contribution < 1.29 is 9.63 Å². The second-order valence-corrected chi connectivity index (χ2v) is 2.52. The molecule has 0 fully saturated rings. The maximum Gasteiger partial charge on any atom is 0.349 e. The number of carbonyl (C=O) groups is 1. The van der Waals surface area contributed by atoms with E-state index >= 15 is 0 Å². The molecule has 1 aromatic rings. The van der Waals surface area contributed by atoms with Gasteiger partial charge in [-0.3, -0.25) is 0 Å². The minimum absolute atomic E-state index is 0.284. The number of hydrogen-bond acceptors (Lipinski definition) is 6. The van der Waals surface area contributed by atoms with Crippen LogP contribution in [-0.4, -0.2) is 22.0 Å². The highest BCUT2D eigenvalue weighted by atomic mass is 16.7. The number of aromatic amines is 1. The number of hydrogen-bond donors (Lipinski definition) is 3. The van der Waals surface area contributed by atoms with Gasteiger partial charge in [0, 0.05) is 18.3 Å². The van der Waals surface area contributed by atoms with E-state index in [1.807, 2.05) is 0 Å². The molecule has 0 aliphatic carbocycles. The van der Waals surface area contributed by atoms with Crippen LogP contribution in [0.3, 0.4) is 0 Å². The van der Waals surface area contributed by atoms with Crippen molar-refractivity contribution in [3.05, 3.63) is 18.2 Å². The highest BCUT2D eigenvalue weighted by molar-refractivity contribution is 5.75. The first-order valence-corrected chi connectivity index (χ1v) is 3.81. The lowest BCUT2D eigenvalue weighted by Crippen LogP contribution is -2.36. The average molecular weight is 195 g/mol. The van der Waals surface area contributed by atoms with Gasteiger partial charge in [-0.2, -0.15) is 10.7 Å². The molecule has 0 saturated carbocycles. The van der Waals surface area contributed by atoms with Crippen LogP contribution in [0.4, 0.5) is 0 Å². The molecule has 0 spiro atoms. The van der Waals surface area contributed by atoms with Crippen molar-refractivity contribution in [2.24, 2.45) is 5.73 Å². The number of H-pyrrole nitrogens is 1.